The summed E-state index contributed by atoms with van der Waals surface area (Å²) in [4.78, 5) is 55.8. The molecule has 0 aliphatic heterocycles. The van der Waals surface area contributed by atoms with Gasteiger partial charge in [0.25, 0.3) is 0 Å². The van der Waals surface area contributed by atoms with Crippen LogP contribution in [0, 0.1) is 30.6 Å². The number of hydrogen-bond acceptors (Lipinski definition) is 14. The van der Waals surface area contributed by atoms with Gasteiger partial charge >= 0.3 is 17.1 Å². The molecule has 18 nitrogen and oxygen atoms in total. The van der Waals surface area contributed by atoms with Crippen molar-refractivity contribution < 1.29 is 58.0 Å². The number of nitrogens with zero attached hydrogens (tertiary/aromatic N) is 6. The van der Waals surface area contributed by atoms with Crippen LogP contribution in [0.1, 0.15) is 49.5 Å². The first-order chi connectivity index (χ1) is 20.7. The third-order valence-electron chi connectivity index (χ3n) is 5.36. The van der Waals surface area contributed by atoms with Crippen molar-refractivity contribution in [2.45, 2.75) is 37.9 Å². The zero-order valence-corrected chi connectivity index (χ0v) is 25.7. The Bertz CT molecular complexity index is 1270. The molecule has 0 aromatic carbocycles. The fourth-order valence-corrected chi connectivity index (χ4v) is 3.77. The molecule has 0 aliphatic rings. The maximum atomic E-state index is 11.4. The molecule has 0 aliphatic carbocycles. The summed E-state index contributed by atoms with van der Waals surface area (Å²) >= 11 is 0. The van der Waals surface area contributed by atoms with Crippen molar-refractivity contribution in [3.63, 3.8) is 0 Å². The summed E-state index contributed by atoms with van der Waals surface area (Å²) in [5.41, 5.74) is -1.21. The van der Waals surface area contributed by atoms with Gasteiger partial charge in [-0.05, 0) is 62.4 Å². The molecule has 0 atom stereocenters. The normalized spacial score (nSPS) is 9.62. The van der Waals surface area contributed by atoms with E-state index in [2.05, 4.69) is 19.9 Å². The standard InChI is InChI=1S/2C14H14N2O2.Cu.2NO3.2H2O/c2*1-11(17)10-14(18,12-6-2-4-8-15-12)13-7-3-5-9-16-13;;2*2-1(3)4;;/h2*2-9,18H,10H2,1H3;;;;2*1H2/q;;+2;2*-1;;. The van der Waals surface area contributed by atoms with Gasteiger partial charge in [-0.15, -0.1) is 0 Å². The zero-order valence-electron chi connectivity index (χ0n) is 24.8. The summed E-state index contributed by atoms with van der Waals surface area (Å²) in [6.07, 6.45) is 6.27. The number of pyridine rings is 4. The van der Waals surface area contributed by atoms with Crippen molar-refractivity contribution >= 4 is 11.6 Å². The fraction of sp³-hybridized carbons (Fsp3) is 0.214. The summed E-state index contributed by atoms with van der Waals surface area (Å²) in [6.45, 7) is 2.88. The van der Waals surface area contributed by atoms with Gasteiger partial charge in [0.1, 0.15) is 11.6 Å². The third-order valence-corrected chi connectivity index (χ3v) is 5.36. The Kier molecular flexibility index (Phi) is 22.7. The molecule has 0 unspecified atom stereocenters. The molecule has 4 aromatic rings. The Morgan fingerprint density at radius 1 is 0.574 bits per heavy atom. The van der Waals surface area contributed by atoms with E-state index in [1.54, 1.807) is 97.6 Å². The molecule has 0 saturated heterocycles. The molecule has 1 radical (unpaired) electrons. The number of carbonyl (C=O) groups is 2. The van der Waals surface area contributed by atoms with Crippen molar-refractivity contribution in [2.24, 2.45) is 0 Å². The molecule has 47 heavy (non-hydrogen) atoms. The zero-order chi connectivity index (χ0) is 33.2. The van der Waals surface area contributed by atoms with E-state index in [0.717, 1.165) is 0 Å². The molecule has 0 saturated carbocycles. The summed E-state index contributed by atoms with van der Waals surface area (Å²) in [5, 5.41) is 51.1. The Morgan fingerprint density at radius 2 is 0.766 bits per heavy atom. The molecule has 0 amide bonds. The predicted octanol–water partition coefficient (Wildman–Crippen LogP) is 1.25. The fourth-order valence-electron chi connectivity index (χ4n) is 3.77. The molecule has 6 N–H and O–H groups in total. The Morgan fingerprint density at radius 3 is 0.894 bits per heavy atom. The minimum atomic E-state index is -1.75. The van der Waals surface area contributed by atoms with Gasteiger partial charge in [0.15, 0.2) is 11.2 Å². The van der Waals surface area contributed by atoms with E-state index in [9.17, 15) is 19.8 Å². The van der Waals surface area contributed by atoms with E-state index in [1.165, 1.54) is 13.8 Å². The number of aliphatic hydroxyl groups is 2. The van der Waals surface area contributed by atoms with E-state index in [1.807, 2.05) is 0 Å². The van der Waals surface area contributed by atoms with E-state index in [4.69, 9.17) is 30.6 Å². The first kappa shape index (κ1) is 46.1. The first-order valence-electron chi connectivity index (χ1n) is 12.4. The number of rotatable bonds is 8. The van der Waals surface area contributed by atoms with E-state index in [0.29, 0.717) is 22.8 Å². The minimum absolute atomic E-state index is 0. The van der Waals surface area contributed by atoms with Crippen molar-refractivity contribution in [3.8, 4) is 0 Å². The second kappa shape index (κ2) is 23.1. The van der Waals surface area contributed by atoms with Crippen LogP contribution in [0.4, 0.5) is 0 Å². The Balaban J connectivity index is -0.000000638. The second-order valence-electron chi connectivity index (χ2n) is 8.79. The van der Waals surface area contributed by atoms with Crippen molar-refractivity contribution in [3.05, 3.63) is 151 Å². The number of ketones is 2. The van der Waals surface area contributed by atoms with Crippen LogP contribution in [0.5, 0.6) is 0 Å². The molecule has 0 bridgehead atoms. The molecule has 0 spiro atoms. The van der Waals surface area contributed by atoms with Crippen LogP contribution in [0.25, 0.3) is 0 Å². The molecular formula is C28H32CuN6O12. The molecule has 4 aromatic heterocycles. The number of aromatic nitrogens is 4. The summed E-state index contributed by atoms with van der Waals surface area (Å²) in [7, 11) is 0. The quantitative estimate of drug-likeness (QED) is 0.148. The van der Waals surface area contributed by atoms with Crippen LogP contribution >= 0.6 is 0 Å². The first-order valence-corrected chi connectivity index (χ1v) is 12.4. The molecule has 4 heterocycles. The average molecular weight is 708 g/mol. The van der Waals surface area contributed by atoms with Crippen molar-refractivity contribution in [1.29, 1.82) is 0 Å². The summed E-state index contributed by atoms with van der Waals surface area (Å²) in [5.74, 6) is -0.234. The molecular weight excluding hydrogens is 676 g/mol. The van der Waals surface area contributed by atoms with Crippen LogP contribution in [0.2, 0.25) is 0 Å². The van der Waals surface area contributed by atoms with Gasteiger partial charge in [-0.1, -0.05) is 24.3 Å². The number of hydrogen-bond donors (Lipinski definition) is 2. The van der Waals surface area contributed by atoms with Gasteiger partial charge < -0.3 is 51.8 Å². The predicted molar refractivity (Wildman–Crippen MR) is 161 cm³/mol. The number of carbonyl (C=O) groups excluding carboxylic acids is 2. The molecule has 0 fully saturated rings. The van der Waals surface area contributed by atoms with Gasteiger partial charge in [0.2, 0.25) is 0 Å². The molecule has 19 heteroatoms. The number of Topliss-reactive ketones (excluding diaryl/α,β-unsaturated/α-hetero) is 2. The third kappa shape index (κ3) is 16.5. The summed E-state index contributed by atoms with van der Waals surface area (Å²) < 4.78 is 0. The second-order valence-corrected chi connectivity index (χ2v) is 8.79. The van der Waals surface area contributed by atoms with Crippen molar-refractivity contribution in [1.82, 2.24) is 19.9 Å². The van der Waals surface area contributed by atoms with E-state index >= 15 is 0 Å². The Labute approximate surface area is 278 Å². The van der Waals surface area contributed by atoms with Crippen LogP contribution < -0.4 is 0 Å². The van der Waals surface area contributed by atoms with Gasteiger partial charge in [0, 0.05) is 37.6 Å². The van der Waals surface area contributed by atoms with Gasteiger partial charge in [-0.25, -0.2) is 0 Å². The van der Waals surface area contributed by atoms with Crippen LogP contribution in [0.15, 0.2) is 97.6 Å². The van der Waals surface area contributed by atoms with E-state index in [-0.39, 0.29) is 52.4 Å². The molecule has 257 valence electrons. The van der Waals surface area contributed by atoms with Crippen LogP contribution in [-0.2, 0) is 37.9 Å². The van der Waals surface area contributed by atoms with E-state index < -0.39 is 21.4 Å². The topological polar surface area (TPSA) is 322 Å². The monoisotopic (exact) mass is 707 g/mol. The van der Waals surface area contributed by atoms with Gasteiger partial charge in [-0.3, -0.25) is 29.5 Å². The summed E-state index contributed by atoms with van der Waals surface area (Å²) in [6, 6.07) is 20.9. The largest absolute Gasteiger partial charge is 2.00 e. The average Bonchev–Trinajstić information content (AvgIpc) is 2.98. The minimum Gasteiger partial charge on any atom is -0.412 e. The maximum Gasteiger partial charge on any atom is 2.00 e. The Hall–Kier alpha value is -5.30. The van der Waals surface area contributed by atoms with Gasteiger partial charge in [-0.2, -0.15) is 0 Å². The SMILES string of the molecule is CC(=O)CC(O)(c1ccccn1)c1ccccn1.CC(=O)CC(O)(c1ccccn1)c1ccccn1.O.O.O=[N+]([O-])[O-].O=[N+]([O-])[O-].[Cu+2]. The van der Waals surface area contributed by atoms with Gasteiger partial charge in [0.05, 0.1) is 32.9 Å². The van der Waals surface area contributed by atoms with Crippen LogP contribution in [-0.4, -0.2) is 62.8 Å². The smallest absolute Gasteiger partial charge is 0.412 e. The molecule has 4 rings (SSSR count). The van der Waals surface area contributed by atoms with Crippen molar-refractivity contribution in [2.75, 3.05) is 0 Å². The van der Waals surface area contributed by atoms with Crippen LogP contribution in [0.3, 0.4) is 0 Å². The maximum absolute atomic E-state index is 11.4.